The Bertz CT molecular complexity index is 399. The molecule has 0 aromatic heterocycles. The van der Waals surface area contributed by atoms with E-state index in [1.54, 1.807) is 7.11 Å². The van der Waals surface area contributed by atoms with Gasteiger partial charge in [0, 0.05) is 13.7 Å². The van der Waals surface area contributed by atoms with Crippen molar-refractivity contribution in [3.8, 4) is 0 Å². The minimum absolute atomic E-state index is 0.610. The van der Waals surface area contributed by atoms with Crippen LogP contribution in [0.4, 0.5) is 0 Å². The molecule has 1 N–H and O–H groups in total. The first-order valence-corrected chi connectivity index (χ1v) is 8.38. The number of benzene rings is 1. The SMILES string of the molecule is COCCNCCCCc1ccc(C(C)C)cc1C(C)C. The number of nitrogens with one attached hydrogen (secondary N) is 1. The maximum Gasteiger partial charge on any atom is 0.0587 e. The molecule has 1 aromatic rings. The first-order chi connectivity index (χ1) is 10.1. The highest BCUT2D eigenvalue weighted by Crippen LogP contribution is 2.26. The lowest BCUT2D eigenvalue weighted by atomic mass is 9.89. The number of hydrogen-bond donors (Lipinski definition) is 1. The molecular formula is C19H33NO. The van der Waals surface area contributed by atoms with Crippen molar-refractivity contribution in [3.63, 3.8) is 0 Å². The van der Waals surface area contributed by atoms with Crippen LogP contribution in [-0.2, 0) is 11.2 Å². The quantitative estimate of drug-likeness (QED) is 0.641. The molecule has 2 nitrogen and oxygen atoms in total. The van der Waals surface area contributed by atoms with Crippen LogP contribution in [0.2, 0.25) is 0 Å². The largest absolute Gasteiger partial charge is 0.383 e. The van der Waals surface area contributed by atoms with Crippen LogP contribution in [0.5, 0.6) is 0 Å². The molecular weight excluding hydrogens is 258 g/mol. The van der Waals surface area contributed by atoms with E-state index in [4.69, 9.17) is 4.74 Å². The second kappa shape index (κ2) is 9.97. The van der Waals surface area contributed by atoms with Gasteiger partial charge in [-0.1, -0.05) is 45.9 Å². The van der Waals surface area contributed by atoms with E-state index >= 15 is 0 Å². The van der Waals surface area contributed by atoms with Crippen LogP contribution < -0.4 is 5.32 Å². The van der Waals surface area contributed by atoms with Gasteiger partial charge in [-0.05, 0) is 54.3 Å². The van der Waals surface area contributed by atoms with E-state index in [1.807, 2.05) is 0 Å². The highest BCUT2D eigenvalue weighted by molar-refractivity contribution is 5.35. The summed E-state index contributed by atoms with van der Waals surface area (Å²) in [5.41, 5.74) is 4.53. The molecule has 0 aliphatic carbocycles. The Morgan fingerprint density at radius 3 is 2.38 bits per heavy atom. The average Bonchev–Trinajstić information content (AvgIpc) is 2.46. The maximum atomic E-state index is 5.03. The molecule has 0 aliphatic rings. The number of unbranched alkanes of at least 4 members (excludes halogenated alkanes) is 1. The summed E-state index contributed by atoms with van der Waals surface area (Å²) in [6, 6.07) is 7.08. The number of methoxy groups -OCH3 is 1. The predicted molar refractivity (Wildman–Crippen MR) is 92.3 cm³/mol. The third-order valence-corrected chi connectivity index (χ3v) is 3.99. The van der Waals surface area contributed by atoms with E-state index in [-0.39, 0.29) is 0 Å². The van der Waals surface area contributed by atoms with Gasteiger partial charge in [-0.25, -0.2) is 0 Å². The standard InChI is InChI=1S/C19H33NO/c1-15(2)18-10-9-17(19(14-18)16(3)4)8-6-7-11-20-12-13-21-5/h9-10,14-16,20H,6-8,11-13H2,1-5H3. The molecule has 0 fully saturated rings. The van der Waals surface area contributed by atoms with Crippen molar-refractivity contribution < 1.29 is 4.74 Å². The number of rotatable bonds is 10. The number of aryl methyl sites for hydroxylation is 1. The molecule has 0 radical (unpaired) electrons. The first-order valence-electron chi connectivity index (χ1n) is 8.38. The van der Waals surface area contributed by atoms with Crippen molar-refractivity contribution in [3.05, 3.63) is 34.9 Å². The Hall–Kier alpha value is -0.860. The fraction of sp³-hybridized carbons (Fsp3) is 0.684. The molecule has 0 amide bonds. The Morgan fingerprint density at radius 1 is 1.00 bits per heavy atom. The minimum Gasteiger partial charge on any atom is -0.383 e. The van der Waals surface area contributed by atoms with Crippen LogP contribution in [0.3, 0.4) is 0 Å². The molecule has 0 saturated heterocycles. The van der Waals surface area contributed by atoms with Gasteiger partial charge in [0.15, 0.2) is 0 Å². The topological polar surface area (TPSA) is 21.3 Å². The number of ether oxygens (including phenoxy) is 1. The molecule has 0 heterocycles. The van der Waals surface area contributed by atoms with Crippen LogP contribution in [0.1, 0.15) is 69.1 Å². The van der Waals surface area contributed by atoms with Gasteiger partial charge >= 0.3 is 0 Å². The Labute approximate surface area is 131 Å². The maximum absolute atomic E-state index is 5.03. The highest BCUT2D eigenvalue weighted by Gasteiger charge is 2.09. The van der Waals surface area contributed by atoms with Crippen LogP contribution in [0, 0.1) is 0 Å². The van der Waals surface area contributed by atoms with Crippen molar-refractivity contribution in [1.29, 1.82) is 0 Å². The fourth-order valence-electron chi connectivity index (χ4n) is 2.60. The van der Waals surface area contributed by atoms with E-state index in [0.29, 0.717) is 11.8 Å². The molecule has 0 spiro atoms. The molecule has 1 aromatic carbocycles. The molecule has 0 unspecified atom stereocenters. The second-order valence-corrected chi connectivity index (χ2v) is 6.47. The van der Waals surface area contributed by atoms with E-state index in [9.17, 15) is 0 Å². The van der Waals surface area contributed by atoms with Gasteiger partial charge in [-0.15, -0.1) is 0 Å². The Balaban J connectivity index is 2.47. The lowest BCUT2D eigenvalue weighted by molar-refractivity contribution is 0.199. The molecule has 0 aliphatic heterocycles. The van der Waals surface area contributed by atoms with Gasteiger partial charge in [0.05, 0.1) is 6.61 Å². The third-order valence-electron chi connectivity index (χ3n) is 3.99. The summed E-state index contributed by atoms with van der Waals surface area (Å²) in [4.78, 5) is 0. The monoisotopic (exact) mass is 291 g/mol. The van der Waals surface area contributed by atoms with E-state index < -0.39 is 0 Å². The minimum atomic E-state index is 0.610. The molecule has 0 bridgehead atoms. The van der Waals surface area contributed by atoms with E-state index in [1.165, 1.54) is 36.0 Å². The summed E-state index contributed by atoms with van der Waals surface area (Å²) in [7, 11) is 1.75. The Morgan fingerprint density at radius 2 is 1.76 bits per heavy atom. The smallest absolute Gasteiger partial charge is 0.0587 e. The van der Waals surface area contributed by atoms with Crippen molar-refractivity contribution in [2.75, 3.05) is 26.8 Å². The fourth-order valence-corrected chi connectivity index (χ4v) is 2.60. The zero-order valence-corrected chi connectivity index (χ0v) is 14.5. The molecule has 120 valence electrons. The van der Waals surface area contributed by atoms with Gasteiger partial charge in [-0.3, -0.25) is 0 Å². The van der Waals surface area contributed by atoms with Crippen molar-refractivity contribution >= 4 is 0 Å². The van der Waals surface area contributed by atoms with Gasteiger partial charge in [0.25, 0.3) is 0 Å². The summed E-state index contributed by atoms with van der Waals surface area (Å²) in [5.74, 6) is 1.22. The van der Waals surface area contributed by atoms with Gasteiger partial charge in [-0.2, -0.15) is 0 Å². The Kier molecular flexibility index (Phi) is 8.63. The summed E-state index contributed by atoms with van der Waals surface area (Å²) in [6.07, 6.45) is 3.67. The van der Waals surface area contributed by atoms with Crippen molar-refractivity contribution in [2.45, 2.75) is 58.8 Å². The van der Waals surface area contributed by atoms with Crippen LogP contribution in [-0.4, -0.2) is 26.8 Å². The van der Waals surface area contributed by atoms with Crippen LogP contribution >= 0.6 is 0 Å². The normalized spacial score (nSPS) is 11.6. The molecule has 21 heavy (non-hydrogen) atoms. The number of hydrogen-bond acceptors (Lipinski definition) is 2. The van der Waals surface area contributed by atoms with Gasteiger partial charge in [0.2, 0.25) is 0 Å². The van der Waals surface area contributed by atoms with Crippen LogP contribution in [0.25, 0.3) is 0 Å². The lowest BCUT2D eigenvalue weighted by Crippen LogP contribution is -2.20. The van der Waals surface area contributed by atoms with Gasteiger partial charge in [0.1, 0.15) is 0 Å². The zero-order chi connectivity index (χ0) is 15.7. The summed E-state index contributed by atoms with van der Waals surface area (Å²) in [6.45, 7) is 12.0. The molecule has 2 heteroatoms. The third kappa shape index (κ3) is 6.62. The van der Waals surface area contributed by atoms with Crippen LogP contribution in [0.15, 0.2) is 18.2 Å². The molecule has 1 rings (SSSR count). The second-order valence-electron chi connectivity index (χ2n) is 6.47. The van der Waals surface area contributed by atoms with Gasteiger partial charge < -0.3 is 10.1 Å². The lowest BCUT2D eigenvalue weighted by Gasteiger charge is -2.16. The van der Waals surface area contributed by atoms with Crippen molar-refractivity contribution in [1.82, 2.24) is 5.32 Å². The highest BCUT2D eigenvalue weighted by atomic mass is 16.5. The zero-order valence-electron chi connectivity index (χ0n) is 14.5. The summed E-state index contributed by atoms with van der Waals surface area (Å²) < 4.78 is 5.03. The first kappa shape index (κ1) is 18.2. The summed E-state index contributed by atoms with van der Waals surface area (Å²) >= 11 is 0. The predicted octanol–water partition coefficient (Wildman–Crippen LogP) is 4.49. The van der Waals surface area contributed by atoms with E-state index in [0.717, 1.165) is 19.7 Å². The summed E-state index contributed by atoms with van der Waals surface area (Å²) in [5, 5.41) is 3.41. The van der Waals surface area contributed by atoms with Crippen molar-refractivity contribution in [2.24, 2.45) is 0 Å². The molecule has 0 saturated carbocycles. The van der Waals surface area contributed by atoms with E-state index in [2.05, 4.69) is 51.2 Å². The molecule has 0 atom stereocenters. The average molecular weight is 291 g/mol.